The van der Waals surface area contributed by atoms with Crippen LogP contribution in [0.5, 0.6) is 0 Å². The van der Waals surface area contributed by atoms with E-state index in [2.05, 4.69) is 241 Å². The highest BCUT2D eigenvalue weighted by atomic mass is 15.1. The van der Waals surface area contributed by atoms with Gasteiger partial charge in [-0.1, -0.05) is 345 Å². The number of rotatable bonds is 4. The molecule has 14 rings (SSSR count). The number of fused-ring (bicyclic) bond motifs is 18. The van der Waals surface area contributed by atoms with Gasteiger partial charge in [0.1, 0.15) is 0 Å². The summed E-state index contributed by atoms with van der Waals surface area (Å²) < 4.78 is 0. The van der Waals surface area contributed by atoms with Gasteiger partial charge in [-0.3, -0.25) is 0 Å². The van der Waals surface area contributed by atoms with Crippen LogP contribution >= 0.6 is 0 Å². The summed E-state index contributed by atoms with van der Waals surface area (Å²) in [6.45, 7) is 40.0. The van der Waals surface area contributed by atoms with Crippen LogP contribution in [-0.4, -0.2) is 0 Å². The third-order valence-corrected chi connectivity index (χ3v) is 15.3. The third kappa shape index (κ3) is 12.4. The molecule has 4 aliphatic rings. The molecule has 85 heavy (non-hydrogen) atoms. The van der Waals surface area contributed by atoms with Crippen molar-refractivity contribution in [3.8, 4) is 33.4 Å². The summed E-state index contributed by atoms with van der Waals surface area (Å²) in [4.78, 5) is 2.56. The molecular formula is C84H103N. The first-order valence-corrected chi connectivity index (χ1v) is 33.0. The lowest BCUT2D eigenvalue weighted by Gasteiger charge is -2.42. The van der Waals surface area contributed by atoms with Gasteiger partial charge in [-0.05, 0) is 138 Å². The van der Waals surface area contributed by atoms with Gasteiger partial charge in [0.15, 0.2) is 0 Å². The van der Waals surface area contributed by atoms with Crippen LogP contribution < -0.4 is 4.90 Å². The predicted molar refractivity (Wildman–Crippen MR) is 380 cm³/mol. The largest absolute Gasteiger partial charge is 0.310 e. The van der Waals surface area contributed by atoms with Crippen molar-refractivity contribution in [3.63, 3.8) is 0 Å². The maximum atomic E-state index is 2.56. The van der Waals surface area contributed by atoms with Gasteiger partial charge in [-0.2, -0.15) is 0 Å². The molecule has 0 bridgehead atoms. The van der Waals surface area contributed by atoms with Gasteiger partial charge in [-0.25, -0.2) is 0 Å². The fourth-order valence-electron chi connectivity index (χ4n) is 12.8. The highest BCUT2D eigenvalue weighted by Crippen LogP contribution is 2.62. The minimum Gasteiger partial charge on any atom is -0.310 e. The fraction of sp³-hybridized carbons (Fsp3) is 0.286. The Morgan fingerprint density at radius 2 is 0.482 bits per heavy atom. The second kappa shape index (κ2) is 34.7. The number of hydrogen-bond acceptors (Lipinski definition) is 1. The van der Waals surface area contributed by atoms with E-state index in [1.165, 1.54) is 100 Å². The molecule has 0 fully saturated rings. The molecule has 0 amide bonds. The van der Waals surface area contributed by atoms with Crippen molar-refractivity contribution < 1.29 is 0 Å². The molecule has 0 aromatic heterocycles. The molecule has 2 spiro atoms. The highest BCUT2D eigenvalue weighted by molar-refractivity contribution is 5.93. The third-order valence-electron chi connectivity index (χ3n) is 15.3. The number of hydrogen-bond donors (Lipinski definition) is 0. The minimum atomic E-state index is -0.473. The Balaban J connectivity index is 0.000000708. The first kappa shape index (κ1) is 69.5. The predicted octanol–water partition coefficient (Wildman–Crippen LogP) is 25.6. The van der Waals surface area contributed by atoms with E-state index in [0.29, 0.717) is 0 Å². The Bertz CT molecular complexity index is 3290. The van der Waals surface area contributed by atoms with E-state index >= 15 is 0 Å². The van der Waals surface area contributed by atoms with E-state index in [0.717, 1.165) is 29.9 Å². The summed E-state index contributed by atoms with van der Waals surface area (Å²) in [5.74, 6) is 0. The number of nitrogens with zero attached hydrogens (tertiary/aromatic N) is 1. The van der Waals surface area contributed by atoms with E-state index < -0.39 is 10.8 Å². The first-order valence-electron chi connectivity index (χ1n) is 33.0. The lowest BCUT2D eigenvalue weighted by atomic mass is 9.61. The molecule has 0 saturated carbocycles. The van der Waals surface area contributed by atoms with Crippen molar-refractivity contribution in [1.82, 2.24) is 0 Å². The summed E-state index contributed by atoms with van der Waals surface area (Å²) in [5.41, 5.74) is 26.6. The molecule has 10 aromatic carbocycles. The quantitative estimate of drug-likeness (QED) is 0.170. The van der Waals surface area contributed by atoms with Crippen LogP contribution in [-0.2, 0) is 23.7 Å². The average molecular weight is 1130 g/mol. The minimum absolute atomic E-state index is 0.473. The van der Waals surface area contributed by atoms with E-state index in [1.807, 2.05) is 138 Å². The average Bonchev–Trinajstić information content (AvgIpc) is 1.67. The van der Waals surface area contributed by atoms with Crippen LogP contribution in [0.25, 0.3) is 33.4 Å². The van der Waals surface area contributed by atoms with Gasteiger partial charge in [-0.15, -0.1) is 0 Å². The van der Waals surface area contributed by atoms with Gasteiger partial charge < -0.3 is 4.90 Å². The van der Waals surface area contributed by atoms with Crippen LogP contribution in [0.2, 0.25) is 0 Å². The molecule has 444 valence electrons. The Labute approximate surface area is 517 Å². The molecule has 0 atom stereocenters. The van der Waals surface area contributed by atoms with Crippen molar-refractivity contribution in [3.05, 3.63) is 303 Å². The molecule has 0 heterocycles. The maximum absolute atomic E-state index is 2.56. The first-order chi connectivity index (χ1) is 42.2. The van der Waals surface area contributed by atoms with Crippen molar-refractivity contribution >= 4 is 17.1 Å². The molecule has 0 radical (unpaired) electrons. The van der Waals surface area contributed by atoms with E-state index in [1.54, 1.807) is 0 Å². The van der Waals surface area contributed by atoms with Crippen LogP contribution in [0.15, 0.2) is 237 Å². The van der Waals surface area contributed by atoms with Crippen LogP contribution in [0.4, 0.5) is 17.1 Å². The molecule has 0 aliphatic heterocycles. The summed E-state index contributed by atoms with van der Waals surface area (Å²) >= 11 is 0. The highest BCUT2D eigenvalue weighted by Gasteiger charge is 2.51. The van der Waals surface area contributed by atoms with Crippen LogP contribution in [0.1, 0.15) is 205 Å². The van der Waals surface area contributed by atoms with Crippen LogP contribution in [0.3, 0.4) is 0 Å². The Kier molecular flexibility index (Phi) is 28.4. The number of benzene rings is 10. The SMILES string of the molecule is CC.CC.CC.CC.CC.CC.CC.CC.CC.CC.c1ccc(-c2ccccc2N(c2ccc3c(c2)C2(c4ccccc4C3)c3ccccc3-c3ccccc32)c2ccc3c(c2)C2(c4ccccc4C3)c3ccccc3-c3ccccc32)cc1. The summed E-state index contributed by atoms with van der Waals surface area (Å²) in [6, 6.07) is 89.6. The molecule has 4 aliphatic carbocycles. The zero-order chi connectivity index (χ0) is 62.7. The van der Waals surface area contributed by atoms with Crippen molar-refractivity contribution in [1.29, 1.82) is 0 Å². The molecule has 1 heteroatoms. The Morgan fingerprint density at radius 3 is 0.824 bits per heavy atom. The zero-order valence-electron chi connectivity index (χ0n) is 55.9. The summed E-state index contributed by atoms with van der Waals surface area (Å²) in [5, 5.41) is 0. The monoisotopic (exact) mass is 1130 g/mol. The Morgan fingerprint density at radius 1 is 0.224 bits per heavy atom. The standard InChI is InChI=1S/C64H43N.10C2H6/c1-2-18-42(19-3-1)49-22-10-17-33-62(49)65(47-36-34-45-38-43-20-4-11-27-54(43)63(60(45)40-47)56-29-13-6-23-50(56)51-24-7-14-30-57(51)63)48-37-35-46-39-44-21-5-12-28-55(44)64(61(46)41-48)58-31-15-8-25-52(58)53-26-9-16-32-59(53)64;10*1-2/h1-37,40-41H,38-39H2;10*1-2H3. The topological polar surface area (TPSA) is 3.24 Å². The smallest absolute Gasteiger partial charge is 0.0719 e. The number of anilines is 3. The van der Waals surface area contributed by atoms with Crippen molar-refractivity contribution in [2.24, 2.45) is 0 Å². The molecule has 0 unspecified atom stereocenters. The maximum Gasteiger partial charge on any atom is 0.0719 e. The van der Waals surface area contributed by atoms with E-state index in [4.69, 9.17) is 0 Å². The number of para-hydroxylation sites is 1. The molecular weight excluding hydrogens is 1020 g/mol. The van der Waals surface area contributed by atoms with Crippen molar-refractivity contribution in [2.75, 3.05) is 4.90 Å². The summed E-state index contributed by atoms with van der Waals surface area (Å²) in [6.07, 6.45) is 1.77. The van der Waals surface area contributed by atoms with E-state index in [9.17, 15) is 0 Å². The molecule has 0 N–H and O–H groups in total. The van der Waals surface area contributed by atoms with E-state index in [-0.39, 0.29) is 0 Å². The lowest BCUT2D eigenvalue weighted by Crippen LogP contribution is -2.35. The Hall–Kier alpha value is -8.00. The second-order valence-electron chi connectivity index (χ2n) is 18.3. The normalized spacial score (nSPS) is 11.9. The molecule has 10 aromatic rings. The van der Waals surface area contributed by atoms with Gasteiger partial charge in [0.25, 0.3) is 0 Å². The zero-order valence-corrected chi connectivity index (χ0v) is 55.9. The van der Waals surface area contributed by atoms with Gasteiger partial charge in [0.05, 0.1) is 16.5 Å². The summed E-state index contributed by atoms with van der Waals surface area (Å²) in [7, 11) is 0. The van der Waals surface area contributed by atoms with Gasteiger partial charge in [0.2, 0.25) is 0 Å². The van der Waals surface area contributed by atoms with Crippen molar-refractivity contribution in [2.45, 2.75) is 162 Å². The van der Waals surface area contributed by atoms with Crippen LogP contribution in [0, 0.1) is 0 Å². The van der Waals surface area contributed by atoms with Gasteiger partial charge in [0, 0.05) is 16.9 Å². The molecule has 0 saturated heterocycles. The lowest BCUT2D eigenvalue weighted by molar-refractivity contribution is 0.721. The van der Waals surface area contributed by atoms with Gasteiger partial charge >= 0.3 is 0 Å². The fourth-order valence-corrected chi connectivity index (χ4v) is 12.8. The molecule has 1 nitrogen and oxygen atoms in total. The second-order valence-corrected chi connectivity index (χ2v) is 18.3.